The van der Waals surface area contributed by atoms with Crippen LogP contribution in [0.15, 0.2) is 18.2 Å². The highest BCUT2D eigenvalue weighted by Crippen LogP contribution is 2.32. The van der Waals surface area contributed by atoms with Crippen LogP contribution in [0.1, 0.15) is 25.3 Å². The van der Waals surface area contributed by atoms with Crippen molar-refractivity contribution in [3.63, 3.8) is 0 Å². The lowest BCUT2D eigenvalue weighted by Gasteiger charge is -2.26. The molecule has 9 heteroatoms. The minimum atomic E-state index is -3.30. The van der Waals surface area contributed by atoms with Gasteiger partial charge < -0.3 is 18.9 Å². The number of hydrogen-bond donors (Lipinski definition) is 1. The third-order valence-electron chi connectivity index (χ3n) is 5.86. The molecule has 0 spiro atoms. The van der Waals surface area contributed by atoms with E-state index in [2.05, 4.69) is 9.62 Å². The van der Waals surface area contributed by atoms with Gasteiger partial charge in [0.2, 0.25) is 10.0 Å². The summed E-state index contributed by atoms with van der Waals surface area (Å²) < 4.78 is 51.1. The molecule has 0 saturated carbocycles. The molecule has 8 nitrogen and oxygen atoms in total. The first-order valence-corrected chi connectivity index (χ1v) is 12.4. The number of rotatable bonds is 6. The number of aryl methyl sites for hydroxylation is 1. The van der Waals surface area contributed by atoms with Crippen LogP contribution in [0.2, 0.25) is 0 Å². The molecule has 0 radical (unpaired) electrons. The van der Waals surface area contributed by atoms with Gasteiger partial charge in [-0.25, -0.2) is 13.1 Å². The highest BCUT2D eigenvalue weighted by atomic mass is 32.2. The zero-order chi connectivity index (χ0) is 21.1. The number of fused-ring (bicyclic) bond motifs is 2. The Morgan fingerprint density at radius 2 is 1.70 bits per heavy atom. The maximum atomic E-state index is 12.2. The largest absolute Gasteiger partial charge is 0.488 e. The molecule has 0 aromatic heterocycles. The molecule has 3 aliphatic rings. The second-order valence-electron chi connectivity index (χ2n) is 8.41. The predicted molar refractivity (Wildman–Crippen MR) is 113 cm³/mol. The van der Waals surface area contributed by atoms with E-state index >= 15 is 0 Å². The zero-order valence-corrected chi connectivity index (χ0v) is 18.5. The molecule has 1 aromatic carbocycles. The van der Waals surface area contributed by atoms with Crippen LogP contribution in [0.4, 0.5) is 0 Å². The molecule has 0 aliphatic carbocycles. The van der Waals surface area contributed by atoms with Gasteiger partial charge in [-0.3, -0.25) is 4.90 Å². The molecule has 30 heavy (non-hydrogen) atoms. The summed E-state index contributed by atoms with van der Waals surface area (Å²) >= 11 is 0. The van der Waals surface area contributed by atoms with Crippen molar-refractivity contribution in [1.82, 2.24) is 9.62 Å². The van der Waals surface area contributed by atoms with Crippen LogP contribution < -0.4 is 14.2 Å². The molecule has 3 atom stereocenters. The standard InChI is InChI=1S/C21H32N2O6S/c1-3-4-7-30(24,25)22-16-11-26-20-9-23(10-21(20)27-12-16)17-13-28-18-6-5-15(2)8-19(18)29-14-17/h5-6,8,16-17,20-22H,3-4,7,9-14H2,1-2H3/t17?,20-,21-/m0/s1. The summed E-state index contributed by atoms with van der Waals surface area (Å²) in [6.07, 6.45) is 1.34. The van der Waals surface area contributed by atoms with Gasteiger partial charge in [-0.1, -0.05) is 19.4 Å². The normalized spacial score (nSPS) is 28.0. The number of nitrogens with zero attached hydrogens (tertiary/aromatic N) is 1. The van der Waals surface area contributed by atoms with Crippen molar-refractivity contribution < 1.29 is 27.4 Å². The van der Waals surface area contributed by atoms with Gasteiger partial charge in [0.15, 0.2) is 11.5 Å². The molecule has 2 fully saturated rings. The molecule has 0 amide bonds. The summed E-state index contributed by atoms with van der Waals surface area (Å²) in [5.74, 6) is 1.71. The topological polar surface area (TPSA) is 86.3 Å². The Labute approximate surface area is 178 Å². The minimum absolute atomic E-state index is 0.0805. The Balaban J connectivity index is 1.30. The number of likely N-dealkylation sites (tertiary alicyclic amines) is 1. The smallest absolute Gasteiger partial charge is 0.212 e. The highest BCUT2D eigenvalue weighted by molar-refractivity contribution is 7.89. The number of sulfonamides is 1. The lowest BCUT2D eigenvalue weighted by Crippen LogP contribution is -2.44. The summed E-state index contributed by atoms with van der Waals surface area (Å²) in [7, 11) is -3.30. The first kappa shape index (κ1) is 21.8. The van der Waals surface area contributed by atoms with E-state index in [1.165, 1.54) is 0 Å². The third kappa shape index (κ3) is 5.26. The van der Waals surface area contributed by atoms with Gasteiger partial charge in [-0.15, -0.1) is 0 Å². The number of hydrogen-bond acceptors (Lipinski definition) is 7. The van der Waals surface area contributed by atoms with Crippen molar-refractivity contribution in [2.24, 2.45) is 0 Å². The third-order valence-corrected chi connectivity index (χ3v) is 7.38. The molecule has 4 rings (SSSR count). The Hall–Kier alpha value is -1.39. The van der Waals surface area contributed by atoms with Gasteiger partial charge in [0, 0.05) is 13.1 Å². The minimum Gasteiger partial charge on any atom is -0.488 e. The fourth-order valence-corrected chi connectivity index (χ4v) is 5.54. The van der Waals surface area contributed by atoms with Crippen molar-refractivity contribution in [2.45, 2.75) is 51.0 Å². The van der Waals surface area contributed by atoms with Crippen molar-refractivity contribution in [3.05, 3.63) is 23.8 Å². The molecular formula is C21H32N2O6S. The Bertz CT molecular complexity index is 817. The summed E-state index contributed by atoms with van der Waals surface area (Å²) in [5, 5.41) is 0. The van der Waals surface area contributed by atoms with E-state index < -0.39 is 10.0 Å². The maximum absolute atomic E-state index is 12.2. The van der Waals surface area contributed by atoms with E-state index in [0.29, 0.717) is 45.9 Å². The van der Waals surface area contributed by atoms with Gasteiger partial charge in [0.25, 0.3) is 0 Å². The lowest BCUT2D eigenvalue weighted by molar-refractivity contribution is -0.00461. The monoisotopic (exact) mass is 440 g/mol. The molecule has 1 aromatic rings. The molecule has 2 saturated heterocycles. The number of benzene rings is 1. The molecular weight excluding hydrogens is 408 g/mol. The summed E-state index contributed by atoms with van der Waals surface area (Å²) in [6, 6.07) is 5.74. The van der Waals surface area contributed by atoms with Gasteiger partial charge >= 0.3 is 0 Å². The average molecular weight is 441 g/mol. The van der Waals surface area contributed by atoms with Crippen molar-refractivity contribution in [2.75, 3.05) is 45.3 Å². The second-order valence-corrected chi connectivity index (χ2v) is 10.3. The second kappa shape index (κ2) is 9.40. The number of unbranched alkanes of at least 4 members (excludes halogenated alkanes) is 1. The van der Waals surface area contributed by atoms with Crippen molar-refractivity contribution in [1.29, 1.82) is 0 Å². The van der Waals surface area contributed by atoms with Crippen molar-refractivity contribution >= 4 is 10.0 Å². The molecule has 1 unspecified atom stereocenters. The van der Waals surface area contributed by atoms with Crippen LogP contribution >= 0.6 is 0 Å². The maximum Gasteiger partial charge on any atom is 0.212 e. The van der Waals surface area contributed by atoms with E-state index in [9.17, 15) is 8.42 Å². The SMILES string of the molecule is CCCCS(=O)(=O)NC1CO[C@H]2CN(C3COc4ccc(C)cc4OC3)C[C@@H]2OC1. The molecule has 168 valence electrons. The van der Waals surface area contributed by atoms with Gasteiger partial charge in [0.1, 0.15) is 13.2 Å². The molecule has 1 N–H and O–H groups in total. The highest BCUT2D eigenvalue weighted by Gasteiger charge is 2.41. The van der Waals surface area contributed by atoms with Gasteiger partial charge in [-0.05, 0) is 31.0 Å². The first-order chi connectivity index (χ1) is 14.4. The number of nitrogens with one attached hydrogen (secondary N) is 1. The fraction of sp³-hybridized carbons (Fsp3) is 0.714. The summed E-state index contributed by atoms with van der Waals surface area (Å²) in [5.41, 5.74) is 1.14. The molecule has 0 bridgehead atoms. The van der Waals surface area contributed by atoms with E-state index in [0.717, 1.165) is 23.5 Å². The zero-order valence-electron chi connectivity index (χ0n) is 17.7. The van der Waals surface area contributed by atoms with E-state index in [-0.39, 0.29) is 30.0 Å². The van der Waals surface area contributed by atoms with Crippen molar-refractivity contribution in [3.8, 4) is 11.5 Å². The Kier molecular flexibility index (Phi) is 6.84. The van der Waals surface area contributed by atoms with Crippen LogP contribution in [-0.4, -0.2) is 82.9 Å². The molecule has 3 aliphatic heterocycles. The summed E-state index contributed by atoms with van der Waals surface area (Å²) in [4.78, 5) is 2.29. The number of ether oxygens (including phenoxy) is 4. The quantitative estimate of drug-likeness (QED) is 0.714. The van der Waals surface area contributed by atoms with Crippen LogP contribution in [0, 0.1) is 6.92 Å². The van der Waals surface area contributed by atoms with E-state index in [1.807, 2.05) is 32.0 Å². The Morgan fingerprint density at radius 1 is 1.03 bits per heavy atom. The first-order valence-electron chi connectivity index (χ1n) is 10.8. The van der Waals surface area contributed by atoms with E-state index in [1.54, 1.807) is 0 Å². The van der Waals surface area contributed by atoms with Crippen LogP contribution in [0.3, 0.4) is 0 Å². The molecule has 3 heterocycles. The van der Waals surface area contributed by atoms with Gasteiger partial charge in [0.05, 0.1) is 43.3 Å². The van der Waals surface area contributed by atoms with Crippen LogP contribution in [0.5, 0.6) is 11.5 Å². The van der Waals surface area contributed by atoms with E-state index in [4.69, 9.17) is 18.9 Å². The average Bonchev–Trinajstić information content (AvgIpc) is 2.87. The Morgan fingerprint density at radius 3 is 2.37 bits per heavy atom. The van der Waals surface area contributed by atoms with Gasteiger partial charge in [-0.2, -0.15) is 0 Å². The van der Waals surface area contributed by atoms with Crippen LogP contribution in [0.25, 0.3) is 0 Å². The predicted octanol–water partition coefficient (Wildman–Crippen LogP) is 1.32. The lowest BCUT2D eigenvalue weighted by atomic mass is 10.2. The van der Waals surface area contributed by atoms with Crippen LogP contribution in [-0.2, 0) is 19.5 Å². The fourth-order valence-electron chi connectivity index (χ4n) is 4.11. The summed E-state index contributed by atoms with van der Waals surface area (Å²) in [6.45, 7) is 7.19.